The van der Waals surface area contributed by atoms with E-state index in [1.807, 2.05) is 6.07 Å². The molecule has 0 aliphatic rings. The van der Waals surface area contributed by atoms with Crippen LogP contribution in [0.15, 0.2) is 42.6 Å². The third-order valence-electron chi connectivity index (χ3n) is 2.90. The topological polar surface area (TPSA) is 33.1 Å². The summed E-state index contributed by atoms with van der Waals surface area (Å²) in [5.74, 6) is -0.770. The molecule has 0 aliphatic carbocycles. The van der Waals surface area contributed by atoms with E-state index in [-0.39, 0.29) is 11.5 Å². The summed E-state index contributed by atoms with van der Waals surface area (Å²) >= 11 is 5.82. The van der Waals surface area contributed by atoms with Gasteiger partial charge >= 0.3 is 0 Å². The van der Waals surface area contributed by atoms with Gasteiger partial charge in [-0.25, -0.2) is 4.39 Å². The lowest BCUT2D eigenvalue weighted by molar-refractivity contribution is 0.145. The fourth-order valence-electron chi connectivity index (χ4n) is 1.82. The van der Waals surface area contributed by atoms with Crippen molar-refractivity contribution in [1.82, 2.24) is 4.98 Å². The van der Waals surface area contributed by atoms with Gasteiger partial charge in [-0.1, -0.05) is 24.6 Å². The maximum Gasteiger partial charge on any atom is 0.129 e. The van der Waals surface area contributed by atoms with Crippen LogP contribution in [0, 0.1) is 5.82 Å². The summed E-state index contributed by atoms with van der Waals surface area (Å²) < 4.78 is 13.7. The van der Waals surface area contributed by atoms with Crippen LogP contribution in [-0.2, 0) is 0 Å². The van der Waals surface area contributed by atoms with Crippen LogP contribution < -0.4 is 0 Å². The Hall–Kier alpha value is -1.45. The molecule has 0 saturated carbocycles. The molecule has 0 bridgehead atoms. The Morgan fingerprint density at radius 2 is 2.06 bits per heavy atom. The van der Waals surface area contributed by atoms with Crippen LogP contribution >= 0.6 is 11.6 Å². The number of nitrogens with zero attached hydrogens (tertiary/aromatic N) is 1. The Balaban J connectivity index is 2.31. The second kappa shape index (κ2) is 5.46. The van der Waals surface area contributed by atoms with Crippen molar-refractivity contribution in [3.63, 3.8) is 0 Å². The highest BCUT2D eigenvalue weighted by Gasteiger charge is 2.22. The average molecular weight is 266 g/mol. The molecule has 0 amide bonds. The zero-order valence-electron chi connectivity index (χ0n) is 9.85. The van der Waals surface area contributed by atoms with Crippen LogP contribution in [0.1, 0.15) is 30.2 Å². The smallest absolute Gasteiger partial charge is 0.129 e. The molecule has 0 saturated heterocycles. The van der Waals surface area contributed by atoms with Crippen LogP contribution in [0.4, 0.5) is 4.39 Å². The maximum absolute atomic E-state index is 13.7. The first-order valence-corrected chi connectivity index (χ1v) is 6.01. The van der Waals surface area contributed by atoms with Crippen LogP contribution in [0.25, 0.3) is 0 Å². The largest absolute Gasteiger partial charge is 0.388 e. The van der Waals surface area contributed by atoms with Gasteiger partial charge in [-0.05, 0) is 30.3 Å². The van der Waals surface area contributed by atoms with Gasteiger partial charge in [0.2, 0.25) is 0 Å². The number of rotatable bonds is 3. The van der Waals surface area contributed by atoms with Crippen molar-refractivity contribution in [2.75, 3.05) is 0 Å². The quantitative estimate of drug-likeness (QED) is 0.918. The van der Waals surface area contributed by atoms with Crippen molar-refractivity contribution in [3.05, 3.63) is 64.7 Å². The zero-order valence-corrected chi connectivity index (χ0v) is 10.6. The van der Waals surface area contributed by atoms with Crippen molar-refractivity contribution in [2.45, 2.75) is 18.9 Å². The van der Waals surface area contributed by atoms with E-state index in [1.54, 1.807) is 25.3 Å². The van der Waals surface area contributed by atoms with Gasteiger partial charge in [-0.3, -0.25) is 4.98 Å². The summed E-state index contributed by atoms with van der Waals surface area (Å²) in [6.45, 7) is 1.80. The van der Waals surface area contributed by atoms with E-state index in [2.05, 4.69) is 4.98 Å². The molecule has 0 radical (unpaired) electrons. The van der Waals surface area contributed by atoms with Gasteiger partial charge in [0.05, 0.1) is 6.10 Å². The van der Waals surface area contributed by atoms with Gasteiger partial charge in [0.15, 0.2) is 0 Å². The Kier molecular flexibility index (Phi) is 3.94. The second-order valence-electron chi connectivity index (χ2n) is 4.15. The van der Waals surface area contributed by atoms with Gasteiger partial charge < -0.3 is 5.11 Å². The lowest BCUT2D eigenvalue weighted by Gasteiger charge is -2.19. The highest BCUT2D eigenvalue weighted by Crippen LogP contribution is 2.32. The number of aliphatic hydroxyl groups excluding tert-OH is 1. The molecule has 0 fully saturated rings. The van der Waals surface area contributed by atoms with Crippen molar-refractivity contribution >= 4 is 11.6 Å². The molecule has 1 heterocycles. The molecular weight excluding hydrogens is 253 g/mol. The normalized spacial score (nSPS) is 14.2. The number of aliphatic hydroxyl groups is 1. The number of aromatic nitrogens is 1. The van der Waals surface area contributed by atoms with Crippen LogP contribution in [0.5, 0.6) is 0 Å². The van der Waals surface area contributed by atoms with Crippen molar-refractivity contribution in [1.29, 1.82) is 0 Å². The highest BCUT2D eigenvalue weighted by molar-refractivity contribution is 6.30. The monoisotopic (exact) mass is 265 g/mol. The highest BCUT2D eigenvalue weighted by atomic mass is 35.5. The fraction of sp³-hybridized carbons (Fsp3) is 0.214. The number of hydrogen-bond acceptors (Lipinski definition) is 2. The molecule has 1 aromatic carbocycles. The minimum Gasteiger partial charge on any atom is -0.388 e. The van der Waals surface area contributed by atoms with E-state index in [0.29, 0.717) is 10.7 Å². The van der Waals surface area contributed by atoms with E-state index in [1.165, 1.54) is 18.2 Å². The SMILES string of the molecule is CC(c1ccccn1)C(O)c1cc(Cl)ccc1F. The Bertz CT molecular complexity index is 533. The van der Waals surface area contributed by atoms with E-state index in [4.69, 9.17) is 11.6 Å². The Morgan fingerprint density at radius 3 is 2.72 bits per heavy atom. The van der Waals surface area contributed by atoms with E-state index < -0.39 is 11.9 Å². The molecule has 2 nitrogen and oxygen atoms in total. The van der Waals surface area contributed by atoms with Gasteiger partial charge in [-0.2, -0.15) is 0 Å². The predicted molar refractivity (Wildman–Crippen MR) is 69.0 cm³/mol. The summed E-state index contributed by atoms with van der Waals surface area (Å²) in [6, 6.07) is 9.59. The van der Waals surface area contributed by atoms with Gasteiger partial charge in [0, 0.05) is 28.4 Å². The molecule has 94 valence electrons. The lowest BCUT2D eigenvalue weighted by Crippen LogP contribution is -2.10. The summed E-state index contributed by atoms with van der Waals surface area (Å²) in [5, 5.41) is 10.6. The van der Waals surface area contributed by atoms with Crippen LogP contribution in [-0.4, -0.2) is 10.1 Å². The summed E-state index contributed by atoms with van der Waals surface area (Å²) in [6.07, 6.45) is 0.672. The van der Waals surface area contributed by atoms with Gasteiger partial charge in [-0.15, -0.1) is 0 Å². The molecule has 4 heteroatoms. The number of hydrogen-bond donors (Lipinski definition) is 1. The fourth-order valence-corrected chi connectivity index (χ4v) is 2.00. The van der Waals surface area contributed by atoms with Gasteiger partial charge in [0.1, 0.15) is 5.82 Å². The summed E-state index contributed by atoms with van der Waals surface area (Å²) in [5.41, 5.74) is 0.907. The average Bonchev–Trinajstić information content (AvgIpc) is 2.41. The van der Waals surface area contributed by atoms with E-state index >= 15 is 0 Å². The number of halogens is 2. The first-order valence-electron chi connectivity index (χ1n) is 5.63. The van der Waals surface area contributed by atoms with Crippen molar-refractivity contribution in [2.24, 2.45) is 0 Å². The molecule has 2 atom stereocenters. The molecular formula is C14H13ClFNO. The third kappa shape index (κ3) is 2.68. The van der Waals surface area contributed by atoms with Crippen LogP contribution in [0.3, 0.4) is 0 Å². The number of benzene rings is 1. The van der Waals surface area contributed by atoms with Gasteiger partial charge in [0.25, 0.3) is 0 Å². The molecule has 1 N–H and O–H groups in total. The molecule has 1 aromatic heterocycles. The van der Waals surface area contributed by atoms with E-state index in [0.717, 1.165) is 0 Å². The summed E-state index contributed by atoms with van der Waals surface area (Å²) in [7, 11) is 0. The minimum absolute atomic E-state index is 0.195. The second-order valence-corrected chi connectivity index (χ2v) is 4.59. The molecule has 0 aliphatic heterocycles. The predicted octanol–water partition coefficient (Wildman–Crippen LogP) is 3.71. The van der Waals surface area contributed by atoms with Crippen LogP contribution in [0.2, 0.25) is 5.02 Å². The molecule has 2 unspecified atom stereocenters. The first kappa shape index (κ1) is 13.0. The number of pyridine rings is 1. The standard InChI is InChI=1S/C14H13ClFNO/c1-9(13-4-2-3-7-17-13)14(18)11-8-10(15)5-6-12(11)16/h2-9,14,18H,1H3. The van der Waals surface area contributed by atoms with Crippen molar-refractivity contribution in [3.8, 4) is 0 Å². The third-order valence-corrected chi connectivity index (χ3v) is 3.14. The van der Waals surface area contributed by atoms with Crippen molar-refractivity contribution < 1.29 is 9.50 Å². The minimum atomic E-state index is -0.974. The first-order chi connectivity index (χ1) is 8.59. The molecule has 2 aromatic rings. The Labute approximate surface area is 110 Å². The molecule has 0 spiro atoms. The Morgan fingerprint density at radius 1 is 1.28 bits per heavy atom. The molecule has 2 rings (SSSR count). The lowest BCUT2D eigenvalue weighted by atomic mass is 9.94. The summed E-state index contributed by atoms with van der Waals surface area (Å²) in [4.78, 5) is 4.16. The van der Waals surface area contributed by atoms with E-state index in [9.17, 15) is 9.50 Å². The maximum atomic E-state index is 13.7. The zero-order chi connectivity index (χ0) is 13.1. The molecule has 18 heavy (non-hydrogen) atoms.